The summed E-state index contributed by atoms with van der Waals surface area (Å²) >= 11 is 4.87. The zero-order chi connectivity index (χ0) is 12.5. The monoisotopic (exact) mass is 253 g/mol. The van der Waals surface area contributed by atoms with Crippen molar-refractivity contribution < 1.29 is 4.74 Å². The van der Waals surface area contributed by atoms with Gasteiger partial charge in [-0.15, -0.1) is 0 Å². The summed E-state index contributed by atoms with van der Waals surface area (Å²) < 4.78 is 5.39. The smallest absolute Gasteiger partial charge is 0.122 e. The Bertz CT molecular complexity index is 357. The average molecular weight is 253 g/mol. The molecule has 17 heavy (non-hydrogen) atoms. The van der Waals surface area contributed by atoms with Crippen molar-refractivity contribution in [2.24, 2.45) is 5.73 Å². The van der Waals surface area contributed by atoms with Crippen molar-refractivity contribution in [1.82, 2.24) is 4.98 Å². The highest BCUT2D eigenvalue weighted by atomic mass is 32.1. The predicted molar refractivity (Wildman–Crippen MR) is 74.3 cm³/mol. The number of aromatic nitrogens is 1. The Balaban J connectivity index is 2.27. The molecule has 0 fully saturated rings. The first kappa shape index (κ1) is 13.9. The van der Waals surface area contributed by atoms with Crippen LogP contribution < -0.4 is 11.1 Å². The lowest BCUT2D eigenvalue weighted by Crippen LogP contribution is -2.12. The number of nitrogens with zero attached hydrogens (tertiary/aromatic N) is 1. The van der Waals surface area contributed by atoms with E-state index in [4.69, 9.17) is 22.7 Å². The topological polar surface area (TPSA) is 60.2 Å². The van der Waals surface area contributed by atoms with E-state index in [9.17, 15) is 0 Å². The molecule has 0 radical (unpaired) electrons. The maximum Gasteiger partial charge on any atom is 0.122 e. The normalized spacial score (nSPS) is 10.2. The summed E-state index contributed by atoms with van der Waals surface area (Å²) in [4.78, 5) is 4.40. The Morgan fingerprint density at radius 1 is 1.53 bits per heavy atom. The molecule has 0 unspecified atom stereocenters. The van der Waals surface area contributed by atoms with E-state index in [2.05, 4.69) is 17.2 Å². The lowest BCUT2D eigenvalue weighted by molar-refractivity contribution is 0.134. The van der Waals surface area contributed by atoms with Crippen LogP contribution >= 0.6 is 12.2 Å². The number of hydrogen-bond acceptors (Lipinski definition) is 4. The lowest BCUT2D eigenvalue weighted by atomic mass is 10.3. The number of hydrogen-bond donors (Lipinski definition) is 2. The highest BCUT2D eigenvalue weighted by Crippen LogP contribution is 2.07. The SMILES string of the molecule is CCCOCCCNc1ccnc(C(N)=S)c1. The number of ether oxygens (including phenoxy) is 1. The van der Waals surface area contributed by atoms with Crippen LogP contribution in [0, 0.1) is 0 Å². The van der Waals surface area contributed by atoms with Crippen LogP contribution in [0.2, 0.25) is 0 Å². The van der Waals surface area contributed by atoms with E-state index >= 15 is 0 Å². The number of anilines is 1. The molecule has 1 rings (SSSR count). The van der Waals surface area contributed by atoms with E-state index in [1.165, 1.54) is 0 Å². The molecule has 1 heterocycles. The van der Waals surface area contributed by atoms with E-state index in [0.717, 1.165) is 38.3 Å². The average Bonchev–Trinajstić information content (AvgIpc) is 2.34. The second-order valence-corrected chi connectivity index (χ2v) is 4.13. The van der Waals surface area contributed by atoms with Crippen molar-refractivity contribution in [3.05, 3.63) is 24.0 Å². The van der Waals surface area contributed by atoms with Crippen molar-refractivity contribution in [2.45, 2.75) is 19.8 Å². The number of rotatable bonds is 8. The Morgan fingerprint density at radius 2 is 2.35 bits per heavy atom. The molecule has 0 bridgehead atoms. The van der Waals surface area contributed by atoms with Crippen molar-refractivity contribution in [1.29, 1.82) is 0 Å². The molecule has 0 atom stereocenters. The van der Waals surface area contributed by atoms with Gasteiger partial charge < -0.3 is 15.8 Å². The van der Waals surface area contributed by atoms with Crippen molar-refractivity contribution in [3.8, 4) is 0 Å². The van der Waals surface area contributed by atoms with E-state index in [1.54, 1.807) is 6.20 Å². The molecule has 0 amide bonds. The van der Waals surface area contributed by atoms with E-state index in [1.807, 2.05) is 12.1 Å². The predicted octanol–water partition coefficient (Wildman–Crippen LogP) is 1.94. The molecule has 0 saturated heterocycles. The van der Waals surface area contributed by atoms with Crippen LogP contribution in [-0.4, -0.2) is 29.7 Å². The fourth-order valence-corrected chi connectivity index (χ4v) is 1.44. The molecule has 5 heteroatoms. The van der Waals surface area contributed by atoms with E-state index in [0.29, 0.717) is 10.7 Å². The first-order chi connectivity index (χ1) is 8.24. The van der Waals surface area contributed by atoms with Gasteiger partial charge in [0.1, 0.15) is 4.99 Å². The van der Waals surface area contributed by atoms with Gasteiger partial charge in [0, 0.05) is 31.6 Å². The van der Waals surface area contributed by atoms with Crippen LogP contribution in [-0.2, 0) is 4.74 Å². The largest absolute Gasteiger partial charge is 0.388 e. The summed E-state index contributed by atoms with van der Waals surface area (Å²) in [5.41, 5.74) is 7.14. The first-order valence-electron chi connectivity index (χ1n) is 5.81. The Kier molecular flexibility index (Phi) is 6.50. The number of thiocarbonyl (C=S) groups is 1. The maximum atomic E-state index is 5.51. The van der Waals surface area contributed by atoms with Gasteiger partial charge in [0.05, 0.1) is 5.69 Å². The summed E-state index contributed by atoms with van der Waals surface area (Å²) in [5, 5.41) is 3.28. The van der Waals surface area contributed by atoms with Gasteiger partial charge in [0.15, 0.2) is 0 Å². The first-order valence-corrected chi connectivity index (χ1v) is 6.22. The highest BCUT2D eigenvalue weighted by molar-refractivity contribution is 7.80. The molecule has 1 aromatic rings. The van der Waals surface area contributed by atoms with Gasteiger partial charge >= 0.3 is 0 Å². The van der Waals surface area contributed by atoms with Gasteiger partial charge in [-0.2, -0.15) is 0 Å². The molecule has 0 aromatic carbocycles. The Labute approximate surface area is 108 Å². The Hall–Kier alpha value is -1.20. The van der Waals surface area contributed by atoms with E-state index in [-0.39, 0.29) is 0 Å². The standard InChI is InChI=1S/C12H19N3OS/c1-2-7-16-8-3-5-14-10-4-6-15-11(9-10)12(13)17/h4,6,9H,2-3,5,7-8H2,1H3,(H2,13,17)(H,14,15). The van der Waals surface area contributed by atoms with Gasteiger partial charge in [-0.05, 0) is 25.0 Å². The van der Waals surface area contributed by atoms with Crippen molar-refractivity contribution >= 4 is 22.9 Å². The Morgan fingerprint density at radius 3 is 3.06 bits per heavy atom. The molecule has 4 nitrogen and oxygen atoms in total. The second kappa shape index (κ2) is 7.97. The summed E-state index contributed by atoms with van der Waals surface area (Å²) in [6, 6.07) is 3.75. The van der Waals surface area contributed by atoms with E-state index < -0.39 is 0 Å². The van der Waals surface area contributed by atoms with Crippen LogP contribution in [0.3, 0.4) is 0 Å². The van der Waals surface area contributed by atoms with Gasteiger partial charge in [0.25, 0.3) is 0 Å². The van der Waals surface area contributed by atoms with Crippen LogP contribution in [0.25, 0.3) is 0 Å². The highest BCUT2D eigenvalue weighted by Gasteiger charge is 1.99. The van der Waals surface area contributed by atoms with Crippen LogP contribution in [0.1, 0.15) is 25.5 Å². The molecule has 1 aromatic heterocycles. The zero-order valence-corrected chi connectivity index (χ0v) is 10.9. The summed E-state index contributed by atoms with van der Waals surface area (Å²) in [7, 11) is 0. The van der Waals surface area contributed by atoms with Gasteiger partial charge in [-0.1, -0.05) is 19.1 Å². The summed E-state index contributed by atoms with van der Waals surface area (Å²) in [5.74, 6) is 0. The van der Waals surface area contributed by atoms with Crippen molar-refractivity contribution in [2.75, 3.05) is 25.1 Å². The van der Waals surface area contributed by atoms with Crippen LogP contribution in [0.4, 0.5) is 5.69 Å². The van der Waals surface area contributed by atoms with Crippen LogP contribution in [0.5, 0.6) is 0 Å². The van der Waals surface area contributed by atoms with Crippen LogP contribution in [0.15, 0.2) is 18.3 Å². The maximum absolute atomic E-state index is 5.51. The quantitative estimate of drug-likeness (QED) is 0.548. The van der Waals surface area contributed by atoms with Gasteiger partial charge in [0.2, 0.25) is 0 Å². The molecular formula is C12H19N3OS. The molecule has 3 N–H and O–H groups in total. The minimum Gasteiger partial charge on any atom is -0.388 e. The fourth-order valence-electron chi connectivity index (χ4n) is 1.33. The molecule has 0 aliphatic carbocycles. The molecule has 0 spiro atoms. The second-order valence-electron chi connectivity index (χ2n) is 3.69. The minimum absolute atomic E-state index is 0.319. The van der Waals surface area contributed by atoms with Crippen molar-refractivity contribution in [3.63, 3.8) is 0 Å². The third kappa shape index (κ3) is 5.60. The van der Waals surface area contributed by atoms with Gasteiger partial charge in [-0.25, -0.2) is 0 Å². The summed E-state index contributed by atoms with van der Waals surface area (Å²) in [6.45, 7) is 4.59. The molecule has 0 saturated carbocycles. The molecule has 0 aliphatic rings. The molecule has 94 valence electrons. The van der Waals surface area contributed by atoms with Gasteiger partial charge in [-0.3, -0.25) is 4.98 Å². The fraction of sp³-hybridized carbons (Fsp3) is 0.500. The molecular weight excluding hydrogens is 234 g/mol. The third-order valence-corrected chi connectivity index (χ3v) is 2.36. The summed E-state index contributed by atoms with van der Waals surface area (Å²) in [6.07, 6.45) is 3.74. The zero-order valence-electron chi connectivity index (χ0n) is 10.1. The number of nitrogens with two attached hydrogens (primary N) is 1. The lowest BCUT2D eigenvalue weighted by Gasteiger charge is -2.07. The number of nitrogens with one attached hydrogen (secondary N) is 1. The molecule has 0 aliphatic heterocycles. The number of pyridine rings is 1. The minimum atomic E-state index is 0.319. The third-order valence-electron chi connectivity index (χ3n) is 2.16.